The molecule has 5 nitrogen and oxygen atoms in total. The number of para-hydroxylation sites is 1. The predicted molar refractivity (Wildman–Crippen MR) is 190 cm³/mol. The molecule has 5 aromatic rings. The summed E-state index contributed by atoms with van der Waals surface area (Å²) < 4.78 is 15.0. The van der Waals surface area contributed by atoms with E-state index in [1.54, 1.807) is 0 Å². The van der Waals surface area contributed by atoms with Crippen LogP contribution < -0.4 is 4.74 Å². The van der Waals surface area contributed by atoms with E-state index in [-0.39, 0.29) is 32.5 Å². The maximum Gasteiger partial charge on any atom is 2.00 e. The molecule has 0 aliphatic carbocycles. The molecular weight excluding hydrogens is 762 g/mol. The summed E-state index contributed by atoms with van der Waals surface area (Å²) in [5, 5.41) is 2.27. The molecule has 1 aliphatic rings. The van der Waals surface area contributed by atoms with Crippen molar-refractivity contribution in [3.63, 3.8) is 0 Å². The minimum absolute atomic E-state index is 0. The van der Waals surface area contributed by atoms with Crippen molar-refractivity contribution < 1.29 is 30.5 Å². The van der Waals surface area contributed by atoms with Crippen molar-refractivity contribution in [1.82, 2.24) is 9.55 Å². The van der Waals surface area contributed by atoms with Crippen molar-refractivity contribution in [3.8, 4) is 17.3 Å². The molecule has 0 fully saturated rings. The molecule has 0 amide bonds. The Hall–Kier alpha value is -3.43. The van der Waals surface area contributed by atoms with Gasteiger partial charge in [0.1, 0.15) is 11.7 Å². The number of benzene rings is 3. The van der Waals surface area contributed by atoms with Gasteiger partial charge < -0.3 is 14.0 Å². The molecule has 2 aromatic heterocycles. The molecule has 1 atom stereocenters. The first-order valence-electron chi connectivity index (χ1n) is 17.1. The summed E-state index contributed by atoms with van der Waals surface area (Å²) in [5.41, 5.74) is 5.35. The second-order valence-corrected chi connectivity index (χ2v) is 13.7. The van der Waals surface area contributed by atoms with Crippen LogP contribution in [-0.4, -0.2) is 28.1 Å². The summed E-state index contributed by atoms with van der Waals surface area (Å²) in [6.45, 7) is 16.3. The van der Waals surface area contributed by atoms with E-state index in [0.29, 0.717) is 35.8 Å². The smallest absolute Gasteiger partial charge is 0.518 e. The maximum atomic E-state index is 6.56. The molecule has 0 N–H and O–H groups in total. The van der Waals surface area contributed by atoms with Crippen LogP contribution >= 0.6 is 0 Å². The number of aromatic nitrogens is 2. The Labute approximate surface area is 295 Å². The molecule has 0 radical (unpaired) electrons. The first kappa shape index (κ1) is 34.9. The third-order valence-electron chi connectivity index (χ3n) is 9.72. The fourth-order valence-electron chi connectivity index (χ4n) is 6.57. The summed E-state index contributed by atoms with van der Waals surface area (Å²) in [6.07, 6.45) is 7.63. The maximum absolute atomic E-state index is 6.56. The largest absolute Gasteiger partial charge is 2.00 e. The number of hydrogen-bond acceptors (Lipinski definition) is 4. The van der Waals surface area contributed by atoms with E-state index < -0.39 is 0 Å². The van der Waals surface area contributed by atoms with Gasteiger partial charge in [0.2, 0.25) is 0 Å². The second-order valence-electron chi connectivity index (χ2n) is 13.7. The van der Waals surface area contributed by atoms with Gasteiger partial charge in [-0.05, 0) is 65.7 Å². The second kappa shape index (κ2) is 14.8. The Kier molecular flexibility index (Phi) is 11.0. The van der Waals surface area contributed by atoms with Gasteiger partial charge in [0, 0.05) is 23.2 Å². The first-order chi connectivity index (χ1) is 22.2. The average Bonchev–Trinajstić information content (AvgIpc) is 3.68. The zero-order valence-corrected chi connectivity index (χ0v) is 31.1. The zero-order valence-electron chi connectivity index (χ0n) is 28.8. The summed E-state index contributed by atoms with van der Waals surface area (Å²) in [6, 6.07) is 28.5. The van der Waals surface area contributed by atoms with Crippen molar-refractivity contribution in [3.05, 3.63) is 95.7 Å². The molecule has 3 heterocycles. The van der Waals surface area contributed by atoms with Crippen molar-refractivity contribution in [2.45, 2.75) is 97.9 Å². The van der Waals surface area contributed by atoms with Gasteiger partial charge >= 0.3 is 21.1 Å². The number of fused-ring (bicyclic) bond motifs is 3. The summed E-state index contributed by atoms with van der Waals surface area (Å²) >= 11 is 0. The molecule has 3 aromatic carbocycles. The Morgan fingerprint density at radius 3 is 2.43 bits per heavy atom. The number of hydrogen-bond donors (Lipinski definition) is 0. The van der Waals surface area contributed by atoms with Crippen LogP contribution in [0.1, 0.15) is 103 Å². The number of rotatable bonds is 12. The van der Waals surface area contributed by atoms with Crippen LogP contribution in [0.3, 0.4) is 0 Å². The third-order valence-corrected chi connectivity index (χ3v) is 9.72. The first-order valence-corrected chi connectivity index (χ1v) is 17.1. The van der Waals surface area contributed by atoms with Crippen molar-refractivity contribution in [2.24, 2.45) is 10.9 Å². The van der Waals surface area contributed by atoms with Gasteiger partial charge in [-0.1, -0.05) is 103 Å². The van der Waals surface area contributed by atoms with E-state index in [9.17, 15) is 0 Å². The van der Waals surface area contributed by atoms with E-state index in [0.717, 1.165) is 58.0 Å². The van der Waals surface area contributed by atoms with E-state index in [4.69, 9.17) is 19.5 Å². The standard InChI is InChI=1S/C41H47N3O2.Pt/c1-8-13-28(14-9-2)36-26-45-40(43-36)30-21-29(27(4)5)22-33(23-30)46-32-17-18-35-34-15-11-12-16-37(34)44(38(35)25-32)39-24-31(19-20-42-39)41(6,7)10-3;/h11-12,15-22,24,27-28,36H,8-10,13-14,26H2,1-7H3;/q-2;+2/t36-;/m0./s1. The molecule has 0 saturated heterocycles. The van der Waals surface area contributed by atoms with Crippen molar-refractivity contribution in [1.29, 1.82) is 0 Å². The van der Waals surface area contributed by atoms with Crippen LogP contribution in [0, 0.1) is 18.1 Å². The SMILES string of the molecule is CCCC(CCC)[C@@H]1COC(c2[c-]c(Oc3[c-]c4c(cc3)c3ccccc3n4-c3cc(C(C)(C)CC)ccn3)cc(C(C)C)c2)=N1.[Pt+2]. The fourth-order valence-corrected chi connectivity index (χ4v) is 6.57. The minimum atomic E-state index is 0. The van der Waals surface area contributed by atoms with E-state index in [1.807, 2.05) is 12.3 Å². The van der Waals surface area contributed by atoms with E-state index in [2.05, 4.69) is 120 Å². The number of nitrogens with zero attached hydrogens (tertiary/aromatic N) is 3. The van der Waals surface area contributed by atoms with Gasteiger partial charge in [-0.2, -0.15) is 6.07 Å². The summed E-state index contributed by atoms with van der Waals surface area (Å²) in [5.74, 6) is 3.68. The molecule has 0 bridgehead atoms. The zero-order chi connectivity index (χ0) is 32.4. The summed E-state index contributed by atoms with van der Waals surface area (Å²) in [4.78, 5) is 9.92. The Balaban J connectivity index is 0.00000433. The Bertz CT molecular complexity index is 1870. The monoisotopic (exact) mass is 808 g/mol. The molecular formula is C41H47N3O2Pt. The Morgan fingerprint density at radius 1 is 0.936 bits per heavy atom. The minimum Gasteiger partial charge on any atom is -0.518 e. The number of pyridine rings is 1. The molecule has 0 unspecified atom stereocenters. The van der Waals surface area contributed by atoms with Gasteiger partial charge in [0.25, 0.3) is 0 Å². The quantitative estimate of drug-likeness (QED) is 0.118. The van der Waals surface area contributed by atoms with Crippen LogP contribution in [0.4, 0.5) is 0 Å². The molecule has 0 saturated carbocycles. The van der Waals surface area contributed by atoms with Crippen LogP contribution in [0.5, 0.6) is 11.5 Å². The normalized spacial score (nSPS) is 14.9. The number of ether oxygens (including phenoxy) is 2. The fraction of sp³-hybridized carbons (Fsp3) is 0.415. The van der Waals surface area contributed by atoms with Gasteiger partial charge in [0.05, 0.1) is 12.6 Å². The molecule has 0 spiro atoms. The summed E-state index contributed by atoms with van der Waals surface area (Å²) in [7, 11) is 0. The van der Waals surface area contributed by atoms with Gasteiger partial charge in [0.15, 0.2) is 0 Å². The van der Waals surface area contributed by atoms with E-state index >= 15 is 0 Å². The molecule has 1 aliphatic heterocycles. The van der Waals surface area contributed by atoms with Crippen LogP contribution in [0.15, 0.2) is 71.9 Å². The van der Waals surface area contributed by atoms with Gasteiger partial charge in [-0.25, -0.2) is 4.98 Å². The van der Waals surface area contributed by atoms with Crippen molar-refractivity contribution >= 4 is 27.7 Å². The van der Waals surface area contributed by atoms with Gasteiger partial charge in [-0.15, -0.1) is 29.1 Å². The average molecular weight is 809 g/mol. The predicted octanol–water partition coefficient (Wildman–Crippen LogP) is 10.7. The van der Waals surface area contributed by atoms with Gasteiger partial charge in [-0.3, -0.25) is 4.99 Å². The van der Waals surface area contributed by atoms with Crippen molar-refractivity contribution in [2.75, 3.05) is 6.61 Å². The molecule has 6 heteroatoms. The number of aliphatic imine (C=N–C) groups is 1. The molecule has 47 heavy (non-hydrogen) atoms. The van der Waals surface area contributed by atoms with Crippen LogP contribution in [0.25, 0.3) is 27.6 Å². The molecule has 248 valence electrons. The van der Waals surface area contributed by atoms with E-state index in [1.165, 1.54) is 18.4 Å². The van der Waals surface area contributed by atoms with Crippen LogP contribution in [0.2, 0.25) is 0 Å². The topological polar surface area (TPSA) is 48.6 Å². The Morgan fingerprint density at radius 2 is 1.70 bits per heavy atom. The third kappa shape index (κ3) is 7.21. The molecule has 6 rings (SSSR count). The van der Waals surface area contributed by atoms with Crippen LogP contribution in [-0.2, 0) is 31.2 Å².